The Labute approximate surface area is 260 Å². The summed E-state index contributed by atoms with van der Waals surface area (Å²) in [7, 11) is 0. The zero-order valence-electron chi connectivity index (χ0n) is 24.9. The maximum atomic E-state index is 13.5. The quantitative estimate of drug-likeness (QED) is 0.242. The van der Waals surface area contributed by atoms with Crippen LogP contribution >= 0.6 is 0 Å². The topological polar surface area (TPSA) is 101 Å². The number of hydrogen-bond donors (Lipinski definition) is 1. The lowest BCUT2D eigenvalue weighted by atomic mass is 10.0. The van der Waals surface area contributed by atoms with Gasteiger partial charge in [-0.2, -0.15) is 4.98 Å². The van der Waals surface area contributed by atoms with Crippen LogP contribution in [0.25, 0.3) is 11.4 Å². The Bertz CT molecular complexity index is 1760. The number of halogens is 1. The first-order valence-electron chi connectivity index (χ1n) is 15.1. The van der Waals surface area contributed by atoms with E-state index in [4.69, 9.17) is 19.4 Å². The van der Waals surface area contributed by atoms with Gasteiger partial charge in [-0.15, -0.1) is 0 Å². The molecular weight excluding hydrogens is 571 g/mol. The molecule has 1 saturated heterocycles. The van der Waals surface area contributed by atoms with E-state index < -0.39 is 5.82 Å². The van der Waals surface area contributed by atoms with Gasteiger partial charge in [0.25, 0.3) is 0 Å². The minimum Gasteiger partial charge on any atom is -0.473 e. The summed E-state index contributed by atoms with van der Waals surface area (Å²) in [5.74, 6) is 2.86. The highest BCUT2D eigenvalue weighted by Crippen LogP contribution is 2.33. The van der Waals surface area contributed by atoms with Gasteiger partial charge in [0.05, 0.1) is 43.9 Å². The van der Waals surface area contributed by atoms with Crippen molar-refractivity contribution in [3.63, 3.8) is 0 Å². The van der Waals surface area contributed by atoms with Crippen LogP contribution in [0.2, 0.25) is 0 Å². The number of ether oxygens (including phenoxy) is 2. The Kier molecular flexibility index (Phi) is 8.15. The molecule has 0 radical (unpaired) electrons. The lowest BCUT2D eigenvalue weighted by molar-refractivity contribution is 0.0984. The van der Waals surface area contributed by atoms with Crippen LogP contribution in [0, 0.1) is 5.82 Å². The van der Waals surface area contributed by atoms with Gasteiger partial charge in [0, 0.05) is 36.0 Å². The molecule has 3 aromatic heterocycles. The molecule has 7 rings (SSSR count). The third kappa shape index (κ3) is 6.53. The van der Waals surface area contributed by atoms with Crippen molar-refractivity contribution in [3.8, 4) is 17.3 Å². The fourth-order valence-electron chi connectivity index (χ4n) is 5.61. The largest absolute Gasteiger partial charge is 0.473 e. The monoisotopic (exact) mass is 604 g/mol. The summed E-state index contributed by atoms with van der Waals surface area (Å²) in [6.07, 6.45) is 3.13. The van der Waals surface area contributed by atoms with Crippen LogP contribution in [0.4, 0.5) is 27.7 Å². The van der Waals surface area contributed by atoms with Crippen molar-refractivity contribution in [2.24, 2.45) is 0 Å². The van der Waals surface area contributed by atoms with Gasteiger partial charge >= 0.3 is 0 Å². The minimum atomic E-state index is -0.456. The molecule has 11 heteroatoms. The number of rotatable bonds is 8. The number of pyridine rings is 1. The predicted molar refractivity (Wildman–Crippen MR) is 170 cm³/mol. The molecule has 5 heterocycles. The highest BCUT2D eigenvalue weighted by Gasteiger charge is 2.29. The number of aromatic nitrogens is 5. The van der Waals surface area contributed by atoms with Gasteiger partial charge in [-0.25, -0.2) is 24.3 Å². The van der Waals surface area contributed by atoms with E-state index >= 15 is 0 Å². The smallest absolute Gasteiger partial charge is 0.225 e. The third-order valence-corrected chi connectivity index (χ3v) is 7.94. The van der Waals surface area contributed by atoms with Gasteiger partial charge in [-0.1, -0.05) is 36.4 Å². The van der Waals surface area contributed by atoms with E-state index in [-0.39, 0.29) is 6.04 Å². The lowest BCUT2D eigenvalue weighted by Crippen LogP contribution is -2.45. The van der Waals surface area contributed by atoms with Gasteiger partial charge in [-0.05, 0) is 49.2 Å². The van der Waals surface area contributed by atoms with Crippen molar-refractivity contribution in [1.29, 1.82) is 0 Å². The van der Waals surface area contributed by atoms with E-state index in [1.807, 2.05) is 77.7 Å². The second kappa shape index (κ2) is 12.8. The molecule has 1 atom stereocenters. The van der Waals surface area contributed by atoms with Crippen LogP contribution < -0.4 is 19.9 Å². The second-order valence-electron chi connectivity index (χ2n) is 11.1. The molecule has 1 fully saturated rings. The summed E-state index contributed by atoms with van der Waals surface area (Å²) in [6.45, 7) is 5.88. The first-order valence-corrected chi connectivity index (χ1v) is 15.1. The normalized spacial score (nSPS) is 16.3. The molecule has 0 aliphatic carbocycles. The fraction of sp³-hybridized carbons (Fsp3) is 0.265. The van der Waals surface area contributed by atoms with E-state index in [2.05, 4.69) is 32.1 Å². The molecule has 0 spiro atoms. The number of fused-ring (bicyclic) bond motifs is 1. The molecule has 0 bridgehead atoms. The summed E-state index contributed by atoms with van der Waals surface area (Å²) in [6, 6.07) is 23.9. The Balaban J connectivity index is 1.13. The molecule has 45 heavy (non-hydrogen) atoms. The highest BCUT2D eigenvalue weighted by molar-refractivity contribution is 5.66. The first kappa shape index (κ1) is 28.6. The first-order chi connectivity index (χ1) is 22.1. The summed E-state index contributed by atoms with van der Waals surface area (Å²) in [5, 5.41) is 3.37. The van der Waals surface area contributed by atoms with Gasteiger partial charge in [0.15, 0.2) is 11.6 Å². The molecule has 2 aliphatic heterocycles. The van der Waals surface area contributed by atoms with Crippen molar-refractivity contribution >= 4 is 23.3 Å². The van der Waals surface area contributed by atoms with Crippen molar-refractivity contribution in [1.82, 2.24) is 24.9 Å². The second-order valence-corrected chi connectivity index (χ2v) is 11.1. The zero-order valence-corrected chi connectivity index (χ0v) is 24.9. The SMILES string of the molecule is C[C@H]1COCCN1c1nc(-c2ccc(Nc3cccc(OCc4ccccc4)n3)cc2)nc2c1CCN(c1ncc(F)cn1)C2. The molecule has 5 aromatic rings. The van der Waals surface area contributed by atoms with Crippen LogP contribution in [0.5, 0.6) is 5.88 Å². The Morgan fingerprint density at radius 2 is 1.76 bits per heavy atom. The molecule has 10 nitrogen and oxygen atoms in total. The maximum Gasteiger partial charge on any atom is 0.225 e. The number of anilines is 4. The number of hydrogen-bond acceptors (Lipinski definition) is 10. The summed E-state index contributed by atoms with van der Waals surface area (Å²) in [4.78, 5) is 27.5. The number of nitrogens with one attached hydrogen (secondary N) is 1. The van der Waals surface area contributed by atoms with E-state index in [0.717, 1.165) is 46.9 Å². The van der Waals surface area contributed by atoms with Crippen LogP contribution in [0.3, 0.4) is 0 Å². The molecule has 2 aromatic carbocycles. The number of morpholine rings is 1. The molecular formula is C34H33FN8O2. The minimum absolute atomic E-state index is 0.190. The average molecular weight is 605 g/mol. The predicted octanol–water partition coefficient (Wildman–Crippen LogP) is 5.58. The Morgan fingerprint density at radius 3 is 2.56 bits per heavy atom. The zero-order chi connectivity index (χ0) is 30.6. The maximum absolute atomic E-state index is 13.5. The van der Waals surface area contributed by atoms with Gasteiger partial charge < -0.3 is 24.6 Å². The van der Waals surface area contributed by atoms with Crippen molar-refractivity contribution in [2.75, 3.05) is 41.4 Å². The van der Waals surface area contributed by atoms with Gasteiger partial charge in [-0.3, -0.25) is 0 Å². The molecule has 0 amide bonds. The van der Waals surface area contributed by atoms with Crippen LogP contribution in [0.1, 0.15) is 23.7 Å². The van der Waals surface area contributed by atoms with E-state index in [1.165, 1.54) is 12.4 Å². The number of benzene rings is 2. The van der Waals surface area contributed by atoms with Crippen LogP contribution in [0.15, 0.2) is 85.2 Å². The third-order valence-electron chi connectivity index (χ3n) is 7.94. The summed E-state index contributed by atoms with van der Waals surface area (Å²) in [5.41, 5.74) is 4.91. The fourth-order valence-corrected chi connectivity index (χ4v) is 5.61. The Morgan fingerprint density at radius 1 is 0.933 bits per heavy atom. The van der Waals surface area contributed by atoms with Gasteiger partial charge in [0.2, 0.25) is 11.8 Å². The van der Waals surface area contributed by atoms with E-state index in [1.54, 1.807) is 0 Å². The molecule has 0 saturated carbocycles. The summed E-state index contributed by atoms with van der Waals surface area (Å²) >= 11 is 0. The van der Waals surface area contributed by atoms with Crippen LogP contribution in [-0.4, -0.2) is 57.3 Å². The highest BCUT2D eigenvalue weighted by atomic mass is 19.1. The standard InChI is InChI=1S/C34H33FN8O2/c1-23-21-44-17-16-43(23)33-28-14-15-42(34-36-18-26(35)19-37-34)20-29(28)39-32(41-33)25-10-12-27(13-11-25)38-30-8-5-9-31(40-30)45-22-24-6-3-2-4-7-24/h2-13,18-19,23H,14-17,20-22H2,1H3,(H,38,40)/t23-/m0/s1. The molecule has 2 aliphatic rings. The lowest BCUT2D eigenvalue weighted by Gasteiger charge is -2.37. The van der Waals surface area contributed by atoms with Gasteiger partial charge in [0.1, 0.15) is 18.2 Å². The summed E-state index contributed by atoms with van der Waals surface area (Å²) < 4.78 is 25.1. The van der Waals surface area contributed by atoms with Crippen molar-refractivity contribution in [2.45, 2.75) is 32.5 Å². The molecule has 0 unspecified atom stereocenters. The van der Waals surface area contributed by atoms with Crippen molar-refractivity contribution < 1.29 is 13.9 Å². The van der Waals surface area contributed by atoms with Crippen molar-refractivity contribution in [3.05, 3.63) is 108 Å². The number of nitrogens with zero attached hydrogens (tertiary/aromatic N) is 7. The molecule has 1 N–H and O–H groups in total. The van der Waals surface area contributed by atoms with E-state index in [9.17, 15) is 4.39 Å². The average Bonchev–Trinajstić information content (AvgIpc) is 3.08. The molecule has 228 valence electrons. The van der Waals surface area contributed by atoms with Crippen LogP contribution in [-0.2, 0) is 24.3 Å². The Hall–Kier alpha value is -5.16. The van der Waals surface area contributed by atoms with E-state index in [0.29, 0.717) is 56.4 Å².